The minimum atomic E-state index is -3.04. The summed E-state index contributed by atoms with van der Waals surface area (Å²) in [5, 5.41) is 3.35. The molecule has 7 nitrogen and oxygen atoms in total. The maximum Gasteiger partial charge on any atom is 0.194 e. The maximum atomic E-state index is 12.3. The molecule has 0 aromatic carbocycles. The predicted molar refractivity (Wildman–Crippen MR) is 124 cm³/mol. The molecule has 0 radical (unpaired) electrons. The van der Waals surface area contributed by atoms with Crippen molar-refractivity contribution in [1.29, 1.82) is 0 Å². The van der Waals surface area contributed by atoms with Crippen LogP contribution < -0.4 is 5.32 Å². The smallest absolute Gasteiger partial charge is 0.194 e. The van der Waals surface area contributed by atoms with Crippen LogP contribution in [0.1, 0.15) is 34.6 Å². The quantitative estimate of drug-likeness (QED) is 0.336. The lowest BCUT2D eigenvalue weighted by Crippen LogP contribution is -2.57. The van der Waals surface area contributed by atoms with Crippen LogP contribution in [0.25, 0.3) is 0 Å². The van der Waals surface area contributed by atoms with E-state index in [1.54, 1.807) is 0 Å². The number of likely N-dealkylation sites (N-methyl/N-ethyl adjacent to an activating group) is 1. The van der Waals surface area contributed by atoms with Gasteiger partial charge >= 0.3 is 0 Å². The first-order valence-corrected chi connectivity index (χ1v) is 11.6. The fourth-order valence-corrected chi connectivity index (χ4v) is 4.97. The summed E-state index contributed by atoms with van der Waals surface area (Å²) >= 11 is 0. The van der Waals surface area contributed by atoms with Crippen LogP contribution in [-0.4, -0.2) is 105 Å². The van der Waals surface area contributed by atoms with Gasteiger partial charge in [0.2, 0.25) is 0 Å². The Balaban J connectivity index is 0.00000364. The number of aliphatic imine (C=N–C) groups is 1. The lowest BCUT2D eigenvalue weighted by molar-refractivity contribution is 0.109. The Hall–Kier alpha value is -0.130. The molecule has 0 spiro atoms. The summed E-state index contributed by atoms with van der Waals surface area (Å²) in [7, 11) is -3.04. The van der Waals surface area contributed by atoms with E-state index in [-0.39, 0.29) is 29.7 Å². The van der Waals surface area contributed by atoms with Gasteiger partial charge in [-0.05, 0) is 34.2 Å². The maximum absolute atomic E-state index is 12.3. The third-order valence-electron chi connectivity index (χ3n) is 5.66. The van der Waals surface area contributed by atoms with Crippen LogP contribution in [0.15, 0.2) is 4.99 Å². The topological polar surface area (TPSA) is 68.2 Å². The first-order valence-electron chi connectivity index (χ1n) is 9.92. The normalized spacial score (nSPS) is 24.9. The highest BCUT2D eigenvalue weighted by atomic mass is 127. The van der Waals surface area contributed by atoms with E-state index in [1.807, 2.05) is 13.8 Å². The van der Waals surface area contributed by atoms with Gasteiger partial charge in [-0.25, -0.2) is 8.42 Å². The minimum Gasteiger partial charge on any atom is -0.357 e. The van der Waals surface area contributed by atoms with Gasteiger partial charge in [-0.2, -0.15) is 0 Å². The molecule has 2 fully saturated rings. The zero-order chi connectivity index (χ0) is 19.4. The summed E-state index contributed by atoms with van der Waals surface area (Å²) in [5.41, 5.74) is 0. The number of guanidine groups is 1. The number of nitrogens with zero attached hydrogens (tertiary/aromatic N) is 4. The van der Waals surface area contributed by atoms with Crippen molar-refractivity contribution in [2.45, 2.75) is 45.4 Å². The van der Waals surface area contributed by atoms with E-state index in [9.17, 15) is 8.42 Å². The minimum absolute atomic E-state index is 0. The van der Waals surface area contributed by atoms with Crippen molar-refractivity contribution in [2.75, 3.05) is 64.7 Å². The number of piperazine rings is 1. The Morgan fingerprint density at radius 2 is 1.78 bits per heavy atom. The van der Waals surface area contributed by atoms with E-state index in [1.165, 1.54) is 0 Å². The van der Waals surface area contributed by atoms with Gasteiger partial charge in [0.25, 0.3) is 0 Å². The van der Waals surface area contributed by atoms with Gasteiger partial charge < -0.3 is 15.1 Å². The molecule has 0 aromatic heterocycles. The van der Waals surface area contributed by atoms with Crippen LogP contribution >= 0.6 is 24.0 Å². The first kappa shape index (κ1) is 24.9. The lowest BCUT2D eigenvalue weighted by atomic mass is 10.2. The molecular formula is C18H38IN5O2S. The van der Waals surface area contributed by atoms with Gasteiger partial charge in [0.1, 0.15) is 0 Å². The molecule has 1 N–H and O–H groups in total. The second-order valence-corrected chi connectivity index (χ2v) is 10.8. The molecule has 1 atom stereocenters. The zero-order valence-corrected chi connectivity index (χ0v) is 20.7. The fourth-order valence-electron chi connectivity index (χ4n) is 3.60. The van der Waals surface area contributed by atoms with Crippen molar-refractivity contribution in [1.82, 2.24) is 20.0 Å². The van der Waals surface area contributed by atoms with Gasteiger partial charge in [0.15, 0.2) is 15.8 Å². The van der Waals surface area contributed by atoms with Crippen molar-refractivity contribution >= 4 is 39.8 Å². The van der Waals surface area contributed by atoms with E-state index < -0.39 is 14.6 Å². The van der Waals surface area contributed by atoms with Crippen LogP contribution in [0, 0.1) is 0 Å². The first-order chi connectivity index (χ1) is 12.2. The second-order valence-electron chi connectivity index (χ2n) is 8.01. The van der Waals surface area contributed by atoms with Crippen molar-refractivity contribution in [3.8, 4) is 0 Å². The number of hydrogen-bond acceptors (Lipinski definition) is 5. The van der Waals surface area contributed by atoms with E-state index in [4.69, 9.17) is 4.99 Å². The average Bonchev–Trinajstić information content (AvgIpc) is 2.61. The van der Waals surface area contributed by atoms with E-state index in [0.717, 1.165) is 51.8 Å². The van der Waals surface area contributed by atoms with Gasteiger partial charge in [-0.15, -0.1) is 24.0 Å². The molecule has 0 aromatic rings. The van der Waals surface area contributed by atoms with Gasteiger partial charge in [-0.1, -0.05) is 6.92 Å². The molecule has 2 heterocycles. The van der Waals surface area contributed by atoms with Crippen LogP contribution in [0.3, 0.4) is 0 Å². The Morgan fingerprint density at radius 3 is 2.30 bits per heavy atom. The van der Waals surface area contributed by atoms with E-state index in [2.05, 4.69) is 40.8 Å². The Kier molecular flexibility index (Phi) is 9.77. The molecule has 9 heteroatoms. The van der Waals surface area contributed by atoms with Crippen LogP contribution in [0.2, 0.25) is 0 Å². The van der Waals surface area contributed by atoms with Crippen LogP contribution in [0.4, 0.5) is 0 Å². The molecule has 0 aliphatic carbocycles. The number of rotatable bonds is 5. The molecule has 2 aliphatic rings. The van der Waals surface area contributed by atoms with E-state index >= 15 is 0 Å². The summed E-state index contributed by atoms with van der Waals surface area (Å²) in [6.07, 6.45) is 0. The molecule has 2 saturated heterocycles. The van der Waals surface area contributed by atoms with Crippen molar-refractivity contribution in [3.05, 3.63) is 0 Å². The molecule has 0 amide bonds. The van der Waals surface area contributed by atoms with Gasteiger partial charge in [0.05, 0.1) is 17.0 Å². The Bertz CT molecular complexity index is 589. The van der Waals surface area contributed by atoms with Crippen molar-refractivity contribution in [3.63, 3.8) is 0 Å². The summed E-state index contributed by atoms with van der Waals surface area (Å²) in [4.78, 5) is 11.9. The monoisotopic (exact) mass is 515 g/mol. The SMILES string of the molecule is CCNC(=NCC(C)N1CCN(CC)CC1)N1CCS(=O)(=O)C(C)(C)C1.I. The largest absolute Gasteiger partial charge is 0.357 e. The molecule has 0 bridgehead atoms. The Morgan fingerprint density at radius 1 is 1.15 bits per heavy atom. The van der Waals surface area contributed by atoms with Crippen molar-refractivity contribution in [2.24, 2.45) is 4.99 Å². The molecule has 0 saturated carbocycles. The van der Waals surface area contributed by atoms with Gasteiger partial charge in [-0.3, -0.25) is 9.89 Å². The summed E-state index contributed by atoms with van der Waals surface area (Å²) in [6, 6.07) is 0.393. The summed E-state index contributed by atoms with van der Waals surface area (Å²) in [5.74, 6) is 1.04. The number of halogens is 1. The third-order valence-corrected chi connectivity index (χ3v) is 8.19. The molecule has 1 unspecified atom stereocenters. The molecule has 27 heavy (non-hydrogen) atoms. The Labute approximate surface area is 182 Å². The van der Waals surface area contributed by atoms with Crippen molar-refractivity contribution < 1.29 is 8.42 Å². The molecule has 160 valence electrons. The third kappa shape index (κ3) is 6.43. The average molecular weight is 516 g/mol. The standard InChI is InChI=1S/C18H37N5O2S.HI/c1-6-19-17(23-12-13-26(24,25)18(4,5)15-23)20-14-16(3)22-10-8-21(7-2)9-11-22;/h16H,6-15H2,1-5H3,(H,19,20);1H. The highest BCUT2D eigenvalue weighted by Gasteiger charge is 2.41. The van der Waals surface area contributed by atoms with Gasteiger partial charge in [0, 0.05) is 51.9 Å². The second kappa shape index (κ2) is 10.6. The molecule has 2 aliphatic heterocycles. The predicted octanol–water partition coefficient (Wildman–Crippen LogP) is 1.10. The zero-order valence-electron chi connectivity index (χ0n) is 17.6. The fraction of sp³-hybridized carbons (Fsp3) is 0.944. The molecule has 2 rings (SSSR count). The van der Waals surface area contributed by atoms with Crippen LogP contribution in [0.5, 0.6) is 0 Å². The number of nitrogens with one attached hydrogen (secondary N) is 1. The van der Waals surface area contributed by atoms with E-state index in [0.29, 0.717) is 19.1 Å². The molecular weight excluding hydrogens is 477 g/mol. The lowest BCUT2D eigenvalue weighted by Gasteiger charge is -2.40. The summed E-state index contributed by atoms with van der Waals surface area (Å²) < 4.78 is 23.8. The summed E-state index contributed by atoms with van der Waals surface area (Å²) in [6.45, 7) is 18.2. The van der Waals surface area contributed by atoms with Crippen LogP contribution in [-0.2, 0) is 9.84 Å². The number of hydrogen-bond donors (Lipinski definition) is 1. The highest BCUT2D eigenvalue weighted by Crippen LogP contribution is 2.23. The highest BCUT2D eigenvalue weighted by molar-refractivity contribution is 14.0. The number of sulfone groups is 1.